The number of aromatic nitrogens is 3. The molecule has 2 N–H and O–H groups in total. The molecule has 6 nitrogen and oxygen atoms in total. The number of anilines is 1. The molecule has 4 heterocycles. The molecular formula is C13H13BrN4O2. The molecule has 2 aliphatic heterocycles. The highest BCUT2D eigenvalue weighted by molar-refractivity contribution is 9.10. The van der Waals surface area contributed by atoms with Crippen LogP contribution in [0.5, 0.6) is 0 Å². The average Bonchev–Trinajstić information content (AvgIpc) is 3.15. The first kappa shape index (κ1) is 12.3. The van der Waals surface area contributed by atoms with E-state index in [4.69, 9.17) is 15.0 Å². The fourth-order valence-corrected chi connectivity index (χ4v) is 3.41. The van der Waals surface area contributed by atoms with Gasteiger partial charge in [0.1, 0.15) is 5.82 Å². The van der Waals surface area contributed by atoms with Gasteiger partial charge in [0.25, 0.3) is 0 Å². The van der Waals surface area contributed by atoms with Gasteiger partial charge in [-0.05, 0) is 41.3 Å². The Morgan fingerprint density at radius 1 is 1.35 bits per heavy atom. The van der Waals surface area contributed by atoms with Gasteiger partial charge in [-0.3, -0.25) is 0 Å². The van der Waals surface area contributed by atoms with Crippen molar-refractivity contribution in [2.45, 2.75) is 37.4 Å². The normalized spacial score (nSPS) is 28.1. The van der Waals surface area contributed by atoms with Crippen LogP contribution in [0, 0.1) is 0 Å². The third-order valence-corrected chi connectivity index (χ3v) is 4.61. The summed E-state index contributed by atoms with van der Waals surface area (Å²) in [5, 5.41) is 4.06. The Morgan fingerprint density at radius 2 is 2.25 bits per heavy atom. The van der Waals surface area contributed by atoms with Gasteiger partial charge in [0.15, 0.2) is 0 Å². The molecule has 3 unspecified atom stereocenters. The minimum absolute atomic E-state index is 0.230. The zero-order valence-corrected chi connectivity index (χ0v) is 12.2. The number of rotatable bonds is 2. The number of hydrogen-bond donors (Lipinski definition) is 1. The molecule has 4 rings (SSSR count). The summed E-state index contributed by atoms with van der Waals surface area (Å²) in [5.41, 5.74) is 6.49. The number of halogens is 1. The number of nitrogens with two attached hydrogens (primary N) is 1. The van der Waals surface area contributed by atoms with Crippen LogP contribution in [0.1, 0.15) is 31.1 Å². The minimum Gasteiger partial charge on any atom is -0.384 e. The van der Waals surface area contributed by atoms with E-state index in [0.717, 1.165) is 29.3 Å². The molecular weight excluding hydrogens is 324 g/mol. The summed E-state index contributed by atoms with van der Waals surface area (Å²) in [5.74, 6) is 1.85. The van der Waals surface area contributed by atoms with Crippen LogP contribution in [0.4, 0.5) is 5.82 Å². The van der Waals surface area contributed by atoms with E-state index in [0.29, 0.717) is 23.6 Å². The van der Waals surface area contributed by atoms with Crippen molar-refractivity contribution in [3.05, 3.63) is 22.6 Å². The molecule has 2 saturated heterocycles. The van der Waals surface area contributed by atoms with Crippen molar-refractivity contribution >= 4 is 21.7 Å². The highest BCUT2D eigenvalue weighted by atomic mass is 79.9. The first-order valence-corrected chi connectivity index (χ1v) is 7.40. The van der Waals surface area contributed by atoms with E-state index in [1.54, 1.807) is 12.3 Å². The zero-order chi connectivity index (χ0) is 13.7. The maximum Gasteiger partial charge on any atom is 0.232 e. The van der Waals surface area contributed by atoms with E-state index in [9.17, 15) is 0 Å². The van der Waals surface area contributed by atoms with E-state index in [1.165, 1.54) is 0 Å². The molecule has 0 aliphatic carbocycles. The van der Waals surface area contributed by atoms with Crippen molar-refractivity contribution < 1.29 is 9.26 Å². The van der Waals surface area contributed by atoms with Crippen LogP contribution in [0.15, 0.2) is 21.3 Å². The second-order valence-electron chi connectivity index (χ2n) is 5.26. The van der Waals surface area contributed by atoms with Gasteiger partial charge in [0.05, 0.1) is 18.1 Å². The van der Waals surface area contributed by atoms with Crippen molar-refractivity contribution in [2.75, 3.05) is 5.73 Å². The van der Waals surface area contributed by atoms with Gasteiger partial charge in [-0.1, -0.05) is 5.16 Å². The predicted molar refractivity (Wildman–Crippen MR) is 74.9 cm³/mol. The van der Waals surface area contributed by atoms with Crippen molar-refractivity contribution in [2.24, 2.45) is 0 Å². The molecule has 0 saturated carbocycles. The van der Waals surface area contributed by atoms with E-state index in [-0.39, 0.29) is 12.0 Å². The molecule has 20 heavy (non-hydrogen) atoms. The van der Waals surface area contributed by atoms with Crippen molar-refractivity contribution in [1.29, 1.82) is 0 Å². The molecule has 104 valence electrons. The first-order valence-electron chi connectivity index (χ1n) is 6.61. The Hall–Kier alpha value is -1.47. The molecule has 0 aromatic carbocycles. The molecule has 3 atom stereocenters. The lowest BCUT2D eigenvalue weighted by atomic mass is 9.89. The Bertz CT molecular complexity index is 660. The summed E-state index contributed by atoms with van der Waals surface area (Å²) in [6, 6.07) is 1.73. The van der Waals surface area contributed by atoms with Gasteiger partial charge in [-0.25, -0.2) is 4.98 Å². The zero-order valence-electron chi connectivity index (χ0n) is 10.6. The Kier molecular flexibility index (Phi) is 2.78. The summed E-state index contributed by atoms with van der Waals surface area (Å²) in [6.45, 7) is 0. The number of hydrogen-bond acceptors (Lipinski definition) is 6. The van der Waals surface area contributed by atoms with Crippen molar-refractivity contribution in [3.63, 3.8) is 0 Å². The standard InChI is InChI=1S/C13H13BrN4O2/c14-9-5-16-11(15)4-7(9)12-17-13(20-18-12)8-3-6-1-2-10(8)19-6/h4-6,8,10H,1-3H2,(H2,15,16). The molecule has 2 bridgehead atoms. The largest absolute Gasteiger partial charge is 0.384 e. The number of nitrogen functional groups attached to an aromatic ring is 1. The van der Waals surface area contributed by atoms with Gasteiger partial charge in [-0.2, -0.15) is 4.98 Å². The number of ether oxygens (including phenoxy) is 1. The van der Waals surface area contributed by atoms with Crippen LogP contribution in [-0.4, -0.2) is 27.3 Å². The molecule has 7 heteroatoms. The molecule has 0 spiro atoms. The fourth-order valence-electron chi connectivity index (χ4n) is 3.02. The lowest BCUT2D eigenvalue weighted by molar-refractivity contribution is 0.0974. The number of pyridine rings is 1. The third-order valence-electron chi connectivity index (χ3n) is 3.98. The average molecular weight is 337 g/mol. The second-order valence-corrected chi connectivity index (χ2v) is 6.12. The van der Waals surface area contributed by atoms with Crippen LogP contribution in [0.25, 0.3) is 11.4 Å². The summed E-state index contributed by atoms with van der Waals surface area (Å²) in [6.07, 6.45) is 5.45. The SMILES string of the molecule is Nc1cc(-c2noc(C3CC4CCC3O4)n2)c(Br)cn1. The maximum atomic E-state index is 5.83. The minimum atomic E-state index is 0.230. The second kappa shape index (κ2) is 4.53. The van der Waals surface area contributed by atoms with Crippen LogP contribution in [0.2, 0.25) is 0 Å². The fraction of sp³-hybridized carbons (Fsp3) is 0.462. The van der Waals surface area contributed by atoms with Gasteiger partial charge in [0.2, 0.25) is 11.7 Å². The summed E-state index contributed by atoms with van der Waals surface area (Å²) < 4.78 is 12.1. The Balaban J connectivity index is 1.66. The topological polar surface area (TPSA) is 87.1 Å². The van der Waals surface area contributed by atoms with Gasteiger partial charge >= 0.3 is 0 Å². The van der Waals surface area contributed by atoms with Crippen molar-refractivity contribution in [1.82, 2.24) is 15.1 Å². The molecule has 2 aliphatic rings. The van der Waals surface area contributed by atoms with E-state index >= 15 is 0 Å². The van der Waals surface area contributed by atoms with Gasteiger partial charge in [0, 0.05) is 16.2 Å². The predicted octanol–water partition coefficient (Wildman–Crippen LogP) is 2.51. The quantitative estimate of drug-likeness (QED) is 0.906. The number of nitrogens with zero attached hydrogens (tertiary/aromatic N) is 3. The summed E-state index contributed by atoms with van der Waals surface area (Å²) in [7, 11) is 0. The smallest absolute Gasteiger partial charge is 0.232 e. The van der Waals surface area contributed by atoms with Crippen LogP contribution in [-0.2, 0) is 4.74 Å². The van der Waals surface area contributed by atoms with Crippen LogP contribution < -0.4 is 5.73 Å². The highest BCUT2D eigenvalue weighted by Crippen LogP contribution is 2.44. The maximum absolute atomic E-state index is 5.83. The summed E-state index contributed by atoms with van der Waals surface area (Å²) >= 11 is 3.43. The Morgan fingerprint density at radius 3 is 3.00 bits per heavy atom. The molecule has 2 aromatic heterocycles. The van der Waals surface area contributed by atoms with E-state index in [1.807, 2.05) is 0 Å². The Labute approximate surface area is 123 Å². The van der Waals surface area contributed by atoms with Gasteiger partial charge in [-0.15, -0.1) is 0 Å². The van der Waals surface area contributed by atoms with Gasteiger partial charge < -0.3 is 15.0 Å². The monoisotopic (exact) mass is 336 g/mol. The van der Waals surface area contributed by atoms with E-state index < -0.39 is 0 Å². The third kappa shape index (κ3) is 1.92. The van der Waals surface area contributed by atoms with Crippen LogP contribution >= 0.6 is 15.9 Å². The summed E-state index contributed by atoms with van der Waals surface area (Å²) in [4.78, 5) is 8.52. The van der Waals surface area contributed by atoms with Crippen LogP contribution in [0.3, 0.4) is 0 Å². The van der Waals surface area contributed by atoms with Crippen molar-refractivity contribution in [3.8, 4) is 11.4 Å². The lowest BCUT2D eigenvalue weighted by Gasteiger charge is -2.13. The molecule has 0 radical (unpaired) electrons. The molecule has 2 fully saturated rings. The molecule has 0 amide bonds. The highest BCUT2D eigenvalue weighted by Gasteiger charge is 2.44. The first-order chi connectivity index (χ1) is 9.70. The lowest BCUT2D eigenvalue weighted by Crippen LogP contribution is -2.14. The van der Waals surface area contributed by atoms with E-state index in [2.05, 4.69) is 31.1 Å². The number of fused-ring (bicyclic) bond motifs is 2. The molecule has 2 aromatic rings.